The predicted molar refractivity (Wildman–Crippen MR) is 99.5 cm³/mol. The molecule has 1 saturated heterocycles. The molecular weight excluding hydrogens is 337 g/mol. The molecule has 0 spiro atoms. The lowest BCUT2D eigenvalue weighted by atomic mass is 10.2. The molecule has 130 valence electrons. The summed E-state index contributed by atoms with van der Waals surface area (Å²) >= 11 is 1.91. The summed E-state index contributed by atoms with van der Waals surface area (Å²) in [6.07, 6.45) is 5.82. The number of hydrogen-bond acceptors (Lipinski definition) is 5. The van der Waals surface area contributed by atoms with Crippen LogP contribution in [0.3, 0.4) is 0 Å². The Labute approximate surface area is 150 Å². The minimum Gasteiger partial charge on any atom is -0.354 e. The van der Waals surface area contributed by atoms with Crippen molar-refractivity contribution < 1.29 is 4.39 Å². The van der Waals surface area contributed by atoms with Crippen molar-refractivity contribution in [2.45, 2.75) is 24.5 Å². The zero-order chi connectivity index (χ0) is 17.2. The third kappa shape index (κ3) is 3.20. The Hall–Kier alpha value is -2.15. The Bertz CT molecular complexity index is 881. The van der Waals surface area contributed by atoms with Crippen LogP contribution in [0, 0.1) is 5.82 Å². The molecule has 0 aliphatic carbocycles. The molecule has 0 amide bonds. The van der Waals surface area contributed by atoms with Crippen molar-refractivity contribution in [2.24, 2.45) is 0 Å². The Morgan fingerprint density at radius 2 is 2.00 bits per heavy atom. The van der Waals surface area contributed by atoms with Crippen LogP contribution in [0.2, 0.25) is 0 Å². The average Bonchev–Trinajstić information content (AvgIpc) is 2.90. The van der Waals surface area contributed by atoms with Gasteiger partial charge in [0.05, 0.1) is 5.56 Å². The van der Waals surface area contributed by atoms with Gasteiger partial charge in [-0.05, 0) is 43.4 Å². The standard InChI is InChI=1S/C18H20FN5S/c1-25-13-6-4-5-11-23(12-13)17-10-9-16-20-21-18(24(16)22-17)14-7-2-3-8-15(14)19/h2-3,7-10,13H,4-6,11-12H2,1H3. The second kappa shape index (κ2) is 7.00. The molecule has 1 atom stereocenters. The van der Waals surface area contributed by atoms with Gasteiger partial charge >= 0.3 is 0 Å². The minimum absolute atomic E-state index is 0.318. The zero-order valence-electron chi connectivity index (χ0n) is 14.1. The van der Waals surface area contributed by atoms with Crippen molar-refractivity contribution in [2.75, 3.05) is 24.2 Å². The molecule has 1 aliphatic rings. The van der Waals surface area contributed by atoms with Crippen LogP contribution < -0.4 is 4.90 Å². The quantitative estimate of drug-likeness (QED) is 0.716. The largest absolute Gasteiger partial charge is 0.354 e. The van der Waals surface area contributed by atoms with Crippen LogP contribution in [0.25, 0.3) is 17.0 Å². The monoisotopic (exact) mass is 357 g/mol. The highest BCUT2D eigenvalue weighted by atomic mass is 32.2. The fourth-order valence-corrected chi connectivity index (χ4v) is 3.99. The highest BCUT2D eigenvalue weighted by molar-refractivity contribution is 7.99. The number of thioether (sulfide) groups is 1. The maximum Gasteiger partial charge on any atom is 0.188 e. The lowest BCUT2D eigenvalue weighted by molar-refractivity contribution is 0.629. The van der Waals surface area contributed by atoms with Crippen LogP contribution in [-0.2, 0) is 0 Å². The van der Waals surface area contributed by atoms with Gasteiger partial charge in [0.1, 0.15) is 11.6 Å². The lowest BCUT2D eigenvalue weighted by Crippen LogP contribution is -2.30. The van der Waals surface area contributed by atoms with E-state index in [4.69, 9.17) is 5.10 Å². The molecule has 0 saturated carbocycles. The molecule has 1 fully saturated rings. The van der Waals surface area contributed by atoms with Gasteiger partial charge in [-0.2, -0.15) is 16.3 Å². The van der Waals surface area contributed by atoms with E-state index in [1.165, 1.54) is 25.3 Å². The topological polar surface area (TPSA) is 46.3 Å². The SMILES string of the molecule is CSC1CCCCN(c2ccc3nnc(-c4ccccc4F)n3n2)C1. The first-order valence-corrected chi connectivity index (χ1v) is 9.80. The molecule has 0 radical (unpaired) electrons. The number of rotatable bonds is 3. The van der Waals surface area contributed by atoms with Gasteiger partial charge in [0.2, 0.25) is 0 Å². The summed E-state index contributed by atoms with van der Waals surface area (Å²) in [5.74, 6) is 1.01. The number of fused-ring (bicyclic) bond motifs is 1. The second-order valence-corrected chi connectivity index (χ2v) is 7.40. The molecule has 3 heterocycles. The van der Waals surface area contributed by atoms with Gasteiger partial charge in [0, 0.05) is 18.3 Å². The molecule has 1 aromatic carbocycles. The average molecular weight is 357 g/mol. The smallest absolute Gasteiger partial charge is 0.188 e. The molecule has 4 rings (SSSR count). The Balaban J connectivity index is 1.74. The van der Waals surface area contributed by atoms with Crippen molar-refractivity contribution in [1.29, 1.82) is 0 Å². The highest BCUT2D eigenvalue weighted by Crippen LogP contribution is 2.25. The van der Waals surface area contributed by atoms with E-state index in [1.807, 2.05) is 23.9 Å². The van der Waals surface area contributed by atoms with Gasteiger partial charge in [-0.25, -0.2) is 4.39 Å². The summed E-state index contributed by atoms with van der Waals surface area (Å²) in [4.78, 5) is 2.32. The van der Waals surface area contributed by atoms with E-state index in [9.17, 15) is 4.39 Å². The lowest BCUT2D eigenvalue weighted by Gasteiger charge is -2.24. The summed E-state index contributed by atoms with van der Waals surface area (Å²) in [7, 11) is 0. The first-order chi connectivity index (χ1) is 12.3. The summed E-state index contributed by atoms with van der Waals surface area (Å²) < 4.78 is 15.8. The summed E-state index contributed by atoms with van der Waals surface area (Å²) in [6.45, 7) is 1.98. The fraction of sp³-hybridized carbons (Fsp3) is 0.389. The van der Waals surface area contributed by atoms with Gasteiger partial charge in [-0.1, -0.05) is 18.6 Å². The van der Waals surface area contributed by atoms with Crippen LogP contribution in [0.15, 0.2) is 36.4 Å². The number of hydrogen-bond donors (Lipinski definition) is 0. The number of halogens is 1. The van der Waals surface area contributed by atoms with E-state index in [2.05, 4.69) is 21.4 Å². The molecule has 3 aromatic rings. The number of aromatic nitrogens is 4. The molecule has 25 heavy (non-hydrogen) atoms. The molecule has 7 heteroatoms. The maximum absolute atomic E-state index is 14.2. The van der Waals surface area contributed by atoms with E-state index in [1.54, 1.807) is 22.7 Å². The zero-order valence-corrected chi connectivity index (χ0v) is 14.9. The summed E-state index contributed by atoms with van der Waals surface area (Å²) in [5.41, 5.74) is 1.04. The van der Waals surface area contributed by atoms with Gasteiger partial charge in [0.25, 0.3) is 0 Å². The number of anilines is 1. The molecule has 1 unspecified atom stereocenters. The molecule has 0 bridgehead atoms. The Morgan fingerprint density at radius 3 is 2.84 bits per heavy atom. The molecule has 5 nitrogen and oxygen atoms in total. The van der Waals surface area contributed by atoms with Crippen LogP contribution in [0.1, 0.15) is 19.3 Å². The maximum atomic E-state index is 14.2. The summed E-state index contributed by atoms with van der Waals surface area (Å²) in [5, 5.41) is 13.6. The summed E-state index contributed by atoms with van der Waals surface area (Å²) in [6, 6.07) is 10.5. The Morgan fingerprint density at radius 1 is 1.12 bits per heavy atom. The third-order valence-corrected chi connectivity index (χ3v) is 5.70. The minimum atomic E-state index is -0.318. The number of nitrogens with zero attached hydrogens (tertiary/aromatic N) is 5. The van der Waals surface area contributed by atoms with Crippen molar-refractivity contribution in [3.63, 3.8) is 0 Å². The van der Waals surface area contributed by atoms with Crippen molar-refractivity contribution >= 4 is 23.2 Å². The van der Waals surface area contributed by atoms with Crippen LogP contribution >= 0.6 is 11.8 Å². The van der Waals surface area contributed by atoms with Crippen molar-refractivity contribution in [3.8, 4) is 11.4 Å². The van der Waals surface area contributed by atoms with Gasteiger partial charge in [-0.3, -0.25) is 0 Å². The molecule has 2 aromatic heterocycles. The van der Waals surface area contributed by atoms with Gasteiger partial charge in [-0.15, -0.1) is 15.3 Å². The first-order valence-electron chi connectivity index (χ1n) is 8.51. The second-order valence-electron chi connectivity index (χ2n) is 6.26. The predicted octanol–water partition coefficient (Wildman–Crippen LogP) is 3.65. The van der Waals surface area contributed by atoms with Crippen LogP contribution in [0.4, 0.5) is 10.2 Å². The van der Waals surface area contributed by atoms with Crippen molar-refractivity contribution in [1.82, 2.24) is 19.8 Å². The van der Waals surface area contributed by atoms with E-state index >= 15 is 0 Å². The molecule has 0 N–H and O–H groups in total. The fourth-order valence-electron chi connectivity index (χ4n) is 3.26. The molecule has 1 aliphatic heterocycles. The third-order valence-electron chi connectivity index (χ3n) is 4.65. The first kappa shape index (κ1) is 16.3. The van der Waals surface area contributed by atoms with E-state index in [-0.39, 0.29) is 5.82 Å². The van der Waals surface area contributed by atoms with Gasteiger partial charge in [0.15, 0.2) is 11.5 Å². The molecular formula is C18H20FN5S. The van der Waals surface area contributed by atoms with E-state index in [0.717, 1.165) is 18.9 Å². The van der Waals surface area contributed by atoms with Gasteiger partial charge < -0.3 is 4.90 Å². The van der Waals surface area contributed by atoms with Crippen LogP contribution in [-0.4, -0.2) is 44.4 Å². The van der Waals surface area contributed by atoms with E-state index in [0.29, 0.717) is 22.3 Å². The van der Waals surface area contributed by atoms with E-state index < -0.39 is 0 Å². The van der Waals surface area contributed by atoms with Crippen LogP contribution in [0.5, 0.6) is 0 Å². The number of benzene rings is 1. The van der Waals surface area contributed by atoms with Crippen molar-refractivity contribution in [3.05, 3.63) is 42.2 Å². The normalized spacial score (nSPS) is 18.5. The highest BCUT2D eigenvalue weighted by Gasteiger charge is 2.20. The Kier molecular flexibility index (Phi) is 4.57.